The first-order chi connectivity index (χ1) is 5.68. The van der Waals surface area contributed by atoms with Crippen LogP contribution in [0, 0.1) is 5.92 Å². The largest absolute Gasteiger partial charge is 0.300 e. The summed E-state index contributed by atoms with van der Waals surface area (Å²) >= 11 is 2.26. The van der Waals surface area contributed by atoms with Crippen LogP contribution in [0.2, 0.25) is 0 Å². The van der Waals surface area contributed by atoms with Crippen molar-refractivity contribution in [3.63, 3.8) is 0 Å². The summed E-state index contributed by atoms with van der Waals surface area (Å²) in [4.78, 5) is 11.1. The molecule has 1 unspecified atom stereocenters. The maximum atomic E-state index is 11.1. The second-order valence-electron chi connectivity index (χ2n) is 3.56. The molecule has 0 aromatic carbocycles. The molecule has 0 aromatic rings. The third-order valence-electron chi connectivity index (χ3n) is 2.41. The van der Waals surface area contributed by atoms with E-state index in [1.165, 1.54) is 10.0 Å². The highest BCUT2D eigenvalue weighted by molar-refractivity contribution is 14.1. The number of hydrogen-bond acceptors (Lipinski definition) is 1. The number of carbonyl (C=O) groups is 1. The van der Waals surface area contributed by atoms with Crippen LogP contribution in [0.5, 0.6) is 0 Å². The van der Waals surface area contributed by atoms with E-state index in [0.717, 1.165) is 32.1 Å². The fourth-order valence-corrected chi connectivity index (χ4v) is 2.03. The zero-order valence-corrected chi connectivity index (χ0v) is 9.47. The Bertz CT molecular complexity index is 186. The van der Waals surface area contributed by atoms with Crippen LogP contribution in [0.3, 0.4) is 0 Å². The lowest BCUT2D eigenvalue weighted by Crippen LogP contribution is -2.14. The predicted octanol–water partition coefficient (Wildman–Crippen LogP) is 3.47. The van der Waals surface area contributed by atoms with Crippen LogP contribution in [0.4, 0.5) is 0 Å². The van der Waals surface area contributed by atoms with Gasteiger partial charge < -0.3 is 0 Å². The smallest absolute Gasteiger partial charge is 0.133 e. The van der Waals surface area contributed by atoms with Gasteiger partial charge in [0.05, 0.1) is 0 Å². The highest BCUT2D eigenvalue weighted by Crippen LogP contribution is 2.27. The number of carbonyl (C=O) groups excluding carboxylic acids is 1. The minimum atomic E-state index is 0.463. The standard InChI is InChI=1S/C10H15IO/c1-8(11)5-6-9-3-2-4-10(12)7-9/h9H,1-7H2. The van der Waals surface area contributed by atoms with Crippen molar-refractivity contribution in [2.45, 2.75) is 38.5 Å². The average molecular weight is 278 g/mol. The Labute approximate surface area is 87.8 Å². The summed E-state index contributed by atoms with van der Waals surface area (Å²) in [5.41, 5.74) is 0. The molecule has 1 atom stereocenters. The van der Waals surface area contributed by atoms with E-state index in [2.05, 4.69) is 29.2 Å². The summed E-state index contributed by atoms with van der Waals surface area (Å²) in [5, 5.41) is 0. The highest BCUT2D eigenvalue weighted by Gasteiger charge is 2.18. The average Bonchev–Trinajstić information content (AvgIpc) is 2.01. The van der Waals surface area contributed by atoms with E-state index in [1.54, 1.807) is 0 Å². The lowest BCUT2D eigenvalue weighted by Gasteiger charge is -2.20. The number of ketones is 1. The van der Waals surface area contributed by atoms with Crippen LogP contribution >= 0.6 is 22.6 Å². The van der Waals surface area contributed by atoms with E-state index in [9.17, 15) is 4.79 Å². The Hall–Kier alpha value is 0.140. The lowest BCUT2D eigenvalue weighted by molar-refractivity contribution is -0.121. The second-order valence-corrected chi connectivity index (χ2v) is 5.08. The van der Waals surface area contributed by atoms with Crippen molar-refractivity contribution in [2.75, 3.05) is 0 Å². The van der Waals surface area contributed by atoms with Gasteiger partial charge in [0.2, 0.25) is 0 Å². The monoisotopic (exact) mass is 278 g/mol. The molecule has 0 amide bonds. The Kier molecular flexibility index (Phi) is 4.26. The molecule has 0 heterocycles. The van der Waals surface area contributed by atoms with Gasteiger partial charge in [-0.1, -0.05) is 6.58 Å². The molecule has 1 aliphatic carbocycles. The molecule has 0 aliphatic heterocycles. The van der Waals surface area contributed by atoms with Crippen LogP contribution < -0.4 is 0 Å². The summed E-state index contributed by atoms with van der Waals surface area (Å²) in [6.45, 7) is 3.86. The van der Waals surface area contributed by atoms with Gasteiger partial charge in [-0.15, -0.1) is 0 Å². The van der Waals surface area contributed by atoms with Gasteiger partial charge in [0.15, 0.2) is 0 Å². The van der Waals surface area contributed by atoms with Crippen molar-refractivity contribution >= 4 is 28.4 Å². The normalized spacial score (nSPS) is 24.1. The molecule has 0 radical (unpaired) electrons. The van der Waals surface area contributed by atoms with Crippen LogP contribution in [0.25, 0.3) is 0 Å². The van der Waals surface area contributed by atoms with Crippen molar-refractivity contribution in [1.29, 1.82) is 0 Å². The topological polar surface area (TPSA) is 17.1 Å². The molecule has 0 N–H and O–H groups in total. The molecular formula is C10H15IO. The van der Waals surface area contributed by atoms with E-state index in [1.807, 2.05) is 0 Å². The van der Waals surface area contributed by atoms with Gasteiger partial charge in [0, 0.05) is 12.8 Å². The first-order valence-electron chi connectivity index (χ1n) is 4.53. The van der Waals surface area contributed by atoms with E-state index in [0.29, 0.717) is 11.7 Å². The molecular weight excluding hydrogens is 263 g/mol. The Morgan fingerprint density at radius 2 is 2.42 bits per heavy atom. The molecule has 0 saturated heterocycles. The molecule has 0 aromatic heterocycles. The molecule has 0 spiro atoms. The van der Waals surface area contributed by atoms with E-state index >= 15 is 0 Å². The molecule has 1 nitrogen and oxygen atoms in total. The number of halogens is 1. The first kappa shape index (κ1) is 10.2. The third kappa shape index (κ3) is 3.70. The van der Waals surface area contributed by atoms with Gasteiger partial charge in [-0.25, -0.2) is 0 Å². The maximum absolute atomic E-state index is 11.1. The van der Waals surface area contributed by atoms with E-state index in [4.69, 9.17) is 0 Å². The highest BCUT2D eigenvalue weighted by atomic mass is 127. The van der Waals surface area contributed by atoms with Gasteiger partial charge >= 0.3 is 0 Å². The summed E-state index contributed by atoms with van der Waals surface area (Å²) in [6.07, 6.45) is 6.24. The fourth-order valence-electron chi connectivity index (χ4n) is 1.72. The molecule has 1 fully saturated rings. The summed E-state index contributed by atoms with van der Waals surface area (Å²) in [5.74, 6) is 1.11. The SMILES string of the molecule is C=C(I)CCC1CCCC(=O)C1. The molecule has 1 saturated carbocycles. The predicted molar refractivity (Wildman–Crippen MR) is 59.4 cm³/mol. The van der Waals surface area contributed by atoms with Gasteiger partial charge in [-0.3, -0.25) is 4.79 Å². The van der Waals surface area contributed by atoms with Crippen molar-refractivity contribution in [3.05, 3.63) is 10.2 Å². The molecule has 1 rings (SSSR count). The zero-order chi connectivity index (χ0) is 8.97. The van der Waals surface area contributed by atoms with Crippen molar-refractivity contribution < 1.29 is 4.79 Å². The zero-order valence-electron chi connectivity index (χ0n) is 7.31. The van der Waals surface area contributed by atoms with E-state index in [-0.39, 0.29) is 0 Å². The lowest BCUT2D eigenvalue weighted by atomic mass is 9.85. The molecule has 1 aliphatic rings. The van der Waals surface area contributed by atoms with Gasteiger partial charge in [0.1, 0.15) is 5.78 Å². The van der Waals surface area contributed by atoms with Crippen LogP contribution in [-0.4, -0.2) is 5.78 Å². The molecule has 2 heteroatoms. The molecule has 0 bridgehead atoms. The fraction of sp³-hybridized carbons (Fsp3) is 0.700. The minimum Gasteiger partial charge on any atom is -0.300 e. The summed E-state index contributed by atoms with van der Waals surface area (Å²) in [6, 6.07) is 0. The minimum absolute atomic E-state index is 0.463. The van der Waals surface area contributed by atoms with Gasteiger partial charge in [-0.2, -0.15) is 0 Å². The number of allylic oxidation sites excluding steroid dienone is 1. The molecule has 68 valence electrons. The quantitative estimate of drug-likeness (QED) is 0.722. The van der Waals surface area contributed by atoms with Gasteiger partial charge in [-0.05, 0) is 57.8 Å². The second kappa shape index (κ2) is 5.00. The maximum Gasteiger partial charge on any atom is 0.133 e. The Morgan fingerprint density at radius 1 is 1.67 bits per heavy atom. The summed E-state index contributed by atoms with van der Waals surface area (Å²) < 4.78 is 1.21. The van der Waals surface area contributed by atoms with Crippen molar-refractivity contribution in [2.24, 2.45) is 5.92 Å². The first-order valence-corrected chi connectivity index (χ1v) is 5.61. The van der Waals surface area contributed by atoms with Crippen LogP contribution in [0.1, 0.15) is 38.5 Å². The molecule has 12 heavy (non-hydrogen) atoms. The Balaban J connectivity index is 2.23. The number of Topliss-reactive ketones (excluding diaryl/α,β-unsaturated/α-hetero) is 1. The van der Waals surface area contributed by atoms with Gasteiger partial charge in [0.25, 0.3) is 0 Å². The number of hydrogen-bond donors (Lipinski definition) is 0. The number of rotatable bonds is 3. The van der Waals surface area contributed by atoms with Crippen LogP contribution in [0.15, 0.2) is 10.2 Å². The Morgan fingerprint density at radius 3 is 3.00 bits per heavy atom. The van der Waals surface area contributed by atoms with E-state index < -0.39 is 0 Å². The summed E-state index contributed by atoms with van der Waals surface area (Å²) in [7, 11) is 0. The van der Waals surface area contributed by atoms with Crippen molar-refractivity contribution in [1.82, 2.24) is 0 Å². The van der Waals surface area contributed by atoms with Crippen LogP contribution in [-0.2, 0) is 4.79 Å². The third-order valence-corrected chi connectivity index (χ3v) is 2.95. The van der Waals surface area contributed by atoms with Crippen molar-refractivity contribution in [3.8, 4) is 0 Å².